The van der Waals surface area contributed by atoms with Crippen molar-refractivity contribution in [2.75, 3.05) is 0 Å². The summed E-state index contributed by atoms with van der Waals surface area (Å²) < 4.78 is 1.63. The van der Waals surface area contributed by atoms with Gasteiger partial charge in [0, 0.05) is 0 Å². The van der Waals surface area contributed by atoms with Crippen LogP contribution in [0.5, 0.6) is 0 Å². The molecule has 0 aliphatic heterocycles. The summed E-state index contributed by atoms with van der Waals surface area (Å²) in [6, 6.07) is 19.4. The van der Waals surface area contributed by atoms with Crippen molar-refractivity contribution in [2.45, 2.75) is 25.8 Å². The fourth-order valence-corrected chi connectivity index (χ4v) is 2.63. The molecule has 24 heavy (non-hydrogen) atoms. The average Bonchev–Trinajstić information content (AvgIpc) is 3.11. The SMILES string of the molecule is CCC(C(=O)NCc1nnnn1-c1ccccc1)c1ccccc1. The molecule has 0 aliphatic carbocycles. The Bertz CT molecular complexity index is 785. The molecule has 0 saturated carbocycles. The lowest BCUT2D eigenvalue weighted by atomic mass is 9.96. The Labute approximate surface area is 140 Å². The molecular weight excluding hydrogens is 302 g/mol. The molecule has 1 unspecified atom stereocenters. The second-order valence-electron chi connectivity index (χ2n) is 5.43. The minimum atomic E-state index is -0.174. The van der Waals surface area contributed by atoms with Crippen LogP contribution < -0.4 is 5.32 Å². The van der Waals surface area contributed by atoms with Gasteiger partial charge in [-0.1, -0.05) is 55.5 Å². The van der Waals surface area contributed by atoms with Crippen LogP contribution in [0.25, 0.3) is 5.69 Å². The van der Waals surface area contributed by atoms with Gasteiger partial charge in [0.1, 0.15) is 0 Å². The highest BCUT2D eigenvalue weighted by atomic mass is 16.1. The van der Waals surface area contributed by atoms with Gasteiger partial charge in [-0.05, 0) is 34.5 Å². The van der Waals surface area contributed by atoms with Crippen molar-refractivity contribution in [3.63, 3.8) is 0 Å². The van der Waals surface area contributed by atoms with Crippen molar-refractivity contribution in [1.29, 1.82) is 0 Å². The second kappa shape index (κ2) is 7.50. The molecule has 3 aromatic rings. The van der Waals surface area contributed by atoms with Crippen molar-refractivity contribution in [3.05, 3.63) is 72.1 Å². The normalized spacial score (nSPS) is 11.9. The Morgan fingerprint density at radius 1 is 1.08 bits per heavy atom. The molecule has 0 spiro atoms. The van der Waals surface area contributed by atoms with E-state index in [0.29, 0.717) is 5.82 Å². The fourth-order valence-electron chi connectivity index (χ4n) is 2.63. The highest BCUT2D eigenvalue weighted by Crippen LogP contribution is 2.19. The van der Waals surface area contributed by atoms with E-state index in [0.717, 1.165) is 17.7 Å². The van der Waals surface area contributed by atoms with Crippen molar-refractivity contribution < 1.29 is 4.79 Å². The van der Waals surface area contributed by atoms with E-state index < -0.39 is 0 Å². The summed E-state index contributed by atoms with van der Waals surface area (Å²) in [5.41, 5.74) is 1.88. The van der Waals surface area contributed by atoms with Gasteiger partial charge < -0.3 is 5.32 Å². The van der Waals surface area contributed by atoms with E-state index >= 15 is 0 Å². The maximum Gasteiger partial charge on any atom is 0.227 e. The third-order valence-electron chi connectivity index (χ3n) is 3.88. The standard InChI is InChI=1S/C18H19N5O/c1-2-16(14-9-5-3-6-10-14)18(24)19-13-17-20-21-22-23(17)15-11-7-4-8-12-15/h3-12,16H,2,13H2,1H3,(H,19,24). The Balaban J connectivity index is 1.70. The summed E-state index contributed by atoms with van der Waals surface area (Å²) in [6.45, 7) is 2.29. The molecule has 1 amide bonds. The van der Waals surface area contributed by atoms with Crippen molar-refractivity contribution in [3.8, 4) is 5.69 Å². The number of para-hydroxylation sites is 1. The number of hydrogen-bond acceptors (Lipinski definition) is 4. The number of nitrogens with one attached hydrogen (secondary N) is 1. The Hall–Kier alpha value is -3.02. The molecule has 1 heterocycles. The first kappa shape index (κ1) is 15.9. The third kappa shape index (κ3) is 3.48. The molecule has 1 atom stereocenters. The summed E-state index contributed by atoms with van der Waals surface area (Å²) in [5, 5.41) is 14.7. The topological polar surface area (TPSA) is 72.7 Å². The van der Waals surface area contributed by atoms with Gasteiger partial charge in [0.15, 0.2) is 5.82 Å². The van der Waals surface area contributed by atoms with Crippen LogP contribution in [0.3, 0.4) is 0 Å². The molecule has 3 rings (SSSR count). The second-order valence-corrected chi connectivity index (χ2v) is 5.43. The van der Waals surface area contributed by atoms with Crippen LogP contribution in [0, 0.1) is 0 Å². The highest BCUT2D eigenvalue weighted by Gasteiger charge is 2.19. The molecular formula is C18H19N5O. The third-order valence-corrected chi connectivity index (χ3v) is 3.88. The van der Waals surface area contributed by atoms with E-state index in [-0.39, 0.29) is 18.4 Å². The first-order valence-electron chi connectivity index (χ1n) is 7.95. The van der Waals surface area contributed by atoms with Gasteiger partial charge in [0.2, 0.25) is 5.91 Å². The Morgan fingerprint density at radius 3 is 2.42 bits per heavy atom. The Kier molecular flexibility index (Phi) is 4.96. The minimum Gasteiger partial charge on any atom is -0.348 e. The van der Waals surface area contributed by atoms with Crippen LogP contribution in [0.2, 0.25) is 0 Å². The number of amides is 1. The van der Waals surface area contributed by atoms with Crippen molar-refractivity contribution in [2.24, 2.45) is 0 Å². The average molecular weight is 321 g/mol. The van der Waals surface area contributed by atoms with Crippen molar-refractivity contribution >= 4 is 5.91 Å². The van der Waals surface area contributed by atoms with E-state index in [2.05, 4.69) is 20.8 Å². The van der Waals surface area contributed by atoms with Gasteiger partial charge in [-0.25, -0.2) is 0 Å². The quantitative estimate of drug-likeness (QED) is 0.757. The monoisotopic (exact) mass is 321 g/mol. The summed E-state index contributed by atoms with van der Waals surface area (Å²) in [4.78, 5) is 12.5. The molecule has 6 heteroatoms. The first-order chi connectivity index (χ1) is 11.8. The summed E-state index contributed by atoms with van der Waals surface area (Å²) in [5.74, 6) is 0.399. The Morgan fingerprint density at radius 2 is 1.75 bits per heavy atom. The number of aromatic nitrogens is 4. The van der Waals surface area contributed by atoms with Crippen LogP contribution in [-0.2, 0) is 11.3 Å². The molecule has 1 aromatic heterocycles. The minimum absolute atomic E-state index is 0.0219. The van der Waals surface area contributed by atoms with Gasteiger partial charge in [0.05, 0.1) is 18.2 Å². The zero-order valence-electron chi connectivity index (χ0n) is 13.5. The molecule has 0 aliphatic rings. The first-order valence-corrected chi connectivity index (χ1v) is 7.95. The smallest absolute Gasteiger partial charge is 0.227 e. The fraction of sp³-hybridized carbons (Fsp3) is 0.222. The molecule has 0 saturated heterocycles. The number of carbonyl (C=O) groups is 1. The number of rotatable bonds is 6. The lowest BCUT2D eigenvalue weighted by Crippen LogP contribution is -2.29. The molecule has 2 aromatic carbocycles. The number of tetrazole rings is 1. The van der Waals surface area contributed by atoms with Crippen LogP contribution in [0.15, 0.2) is 60.7 Å². The number of benzene rings is 2. The molecule has 6 nitrogen and oxygen atoms in total. The predicted molar refractivity (Wildman–Crippen MR) is 90.5 cm³/mol. The largest absolute Gasteiger partial charge is 0.348 e. The summed E-state index contributed by atoms with van der Waals surface area (Å²) in [7, 11) is 0. The van der Waals surface area contributed by atoms with E-state index in [1.165, 1.54) is 0 Å². The highest BCUT2D eigenvalue weighted by molar-refractivity contribution is 5.83. The van der Waals surface area contributed by atoms with Gasteiger partial charge >= 0.3 is 0 Å². The maximum atomic E-state index is 12.5. The van der Waals surface area contributed by atoms with E-state index in [1.54, 1.807) is 4.68 Å². The maximum absolute atomic E-state index is 12.5. The van der Waals surface area contributed by atoms with E-state index in [1.807, 2.05) is 67.6 Å². The lowest BCUT2D eigenvalue weighted by molar-refractivity contribution is -0.122. The van der Waals surface area contributed by atoms with Crippen LogP contribution in [0.1, 0.15) is 30.7 Å². The molecule has 0 fully saturated rings. The van der Waals surface area contributed by atoms with Gasteiger partial charge in [-0.15, -0.1) is 5.10 Å². The van der Waals surface area contributed by atoms with Gasteiger partial charge in [-0.3, -0.25) is 4.79 Å². The zero-order valence-corrected chi connectivity index (χ0v) is 13.5. The van der Waals surface area contributed by atoms with Crippen LogP contribution in [-0.4, -0.2) is 26.1 Å². The molecule has 0 radical (unpaired) electrons. The predicted octanol–water partition coefficient (Wildman–Crippen LogP) is 2.47. The van der Waals surface area contributed by atoms with Gasteiger partial charge in [0.25, 0.3) is 0 Å². The number of carbonyl (C=O) groups excluding carboxylic acids is 1. The molecule has 1 N–H and O–H groups in total. The van der Waals surface area contributed by atoms with E-state index in [9.17, 15) is 4.79 Å². The zero-order chi connectivity index (χ0) is 16.8. The van der Waals surface area contributed by atoms with Gasteiger partial charge in [-0.2, -0.15) is 4.68 Å². The number of nitrogens with zero attached hydrogens (tertiary/aromatic N) is 4. The molecule has 122 valence electrons. The van der Waals surface area contributed by atoms with Crippen LogP contribution in [0.4, 0.5) is 0 Å². The summed E-state index contributed by atoms with van der Waals surface area (Å²) in [6.07, 6.45) is 0.736. The van der Waals surface area contributed by atoms with E-state index in [4.69, 9.17) is 0 Å². The van der Waals surface area contributed by atoms with Crippen LogP contribution >= 0.6 is 0 Å². The molecule has 0 bridgehead atoms. The number of hydrogen-bond donors (Lipinski definition) is 1. The van der Waals surface area contributed by atoms with Crippen molar-refractivity contribution in [1.82, 2.24) is 25.5 Å². The summed E-state index contributed by atoms with van der Waals surface area (Å²) >= 11 is 0. The lowest BCUT2D eigenvalue weighted by Gasteiger charge is -2.15.